The summed E-state index contributed by atoms with van der Waals surface area (Å²) in [5.74, 6) is 1.82. The zero-order chi connectivity index (χ0) is 22.2. The summed E-state index contributed by atoms with van der Waals surface area (Å²) in [4.78, 5) is 8.28. The van der Waals surface area contributed by atoms with Crippen molar-refractivity contribution in [2.24, 2.45) is 0 Å². The summed E-state index contributed by atoms with van der Waals surface area (Å²) < 4.78 is 9.82. The van der Waals surface area contributed by atoms with Crippen LogP contribution in [0.3, 0.4) is 0 Å². The molecule has 0 unspecified atom stereocenters. The van der Waals surface area contributed by atoms with E-state index in [1.165, 1.54) is 0 Å². The molecule has 0 aliphatic heterocycles. The van der Waals surface area contributed by atoms with Crippen molar-refractivity contribution in [1.82, 2.24) is 19.3 Å². The van der Waals surface area contributed by atoms with Gasteiger partial charge in [0, 0.05) is 35.6 Å². The topological polar surface area (TPSA) is 49.2 Å². The van der Waals surface area contributed by atoms with E-state index in [0.29, 0.717) is 23.0 Å². The second-order valence-corrected chi connectivity index (χ2v) is 7.35. The van der Waals surface area contributed by atoms with E-state index in [9.17, 15) is 0 Å². The molecule has 34 heavy (non-hydrogen) atoms. The van der Waals surface area contributed by atoms with Crippen molar-refractivity contribution in [2.75, 3.05) is 0 Å². The van der Waals surface area contributed by atoms with Crippen LogP contribution in [-0.4, -0.2) is 19.3 Å². The summed E-state index contributed by atoms with van der Waals surface area (Å²) in [6.07, 6.45) is 5.31. The zero-order valence-electron chi connectivity index (χ0n) is 17.6. The van der Waals surface area contributed by atoms with E-state index in [4.69, 9.17) is 11.3 Å². The van der Waals surface area contributed by atoms with Crippen molar-refractivity contribution in [3.05, 3.63) is 115 Å². The maximum atomic E-state index is 7.67. The minimum absolute atomic E-state index is 0. The van der Waals surface area contributed by atoms with Gasteiger partial charge in [-0.15, -0.1) is 35.7 Å². The Balaban J connectivity index is 0.00000241. The van der Waals surface area contributed by atoms with Gasteiger partial charge >= 0.3 is 21.1 Å². The molecule has 3 heterocycles. The van der Waals surface area contributed by atoms with Gasteiger partial charge in [-0.25, -0.2) is 9.83 Å². The molecule has 0 spiro atoms. The maximum Gasteiger partial charge on any atom is 2.00 e. The molecule has 0 fully saturated rings. The molecule has 7 heteroatoms. The van der Waals surface area contributed by atoms with Gasteiger partial charge in [0.1, 0.15) is 5.82 Å². The first-order chi connectivity index (χ1) is 16.3. The number of benzene rings is 3. The Morgan fingerprint density at radius 2 is 1.71 bits per heavy atom. The molecule has 0 atom stereocenters. The van der Waals surface area contributed by atoms with E-state index in [0.717, 1.165) is 27.5 Å². The van der Waals surface area contributed by atoms with Crippen LogP contribution in [-0.2, 0) is 21.1 Å². The van der Waals surface area contributed by atoms with E-state index < -0.39 is 0 Å². The van der Waals surface area contributed by atoms with Gasteiger partial charge in [-0.3, -0.25) is 4.68 Å². The van der Waals surface area contributed by atoms with Gasteiger partial charge in [-0.2, -0.15) is 17.2 Å². The number of rotatable bonds is 4. The van der Waals surface area contributed by atoms with E-state index in [1.807, 2.05) is 83.6 Å². The molecule has 6 nitrogen and oxygen atoms in total. The standard InChI is InChI=1S/C27H15N5O.Pt/c1-28-24-10-5-9-23-22-13-12-21(18-25(22)32(27(23)24)26-11-2-3-14-29-26)33-20-8-4-7-19(17-20)31-16-6-15-30-31;/h2-16H;/q-2;+2. The third-order valence-corrected chi connectivity index (χ3v) is 5.37. The first kappa shape index (κ1) is 21.6. The summed E-state index contributed by atoms with van der Waals surface area (Å²) in [5, 5.41) is 6.20. The van der Waals surface area contributed by atoms with Crippen LogP contribution in [0.4, 0.5) is 5.69 Å². The van der Waals surface area contributed by atoms with Crippen molar-refractivity contribution in [3.63, 3.8) is 0 Å². The number of nitrogens with zero attached hydrogens (tertiary/aromatic N) is 5. The molecule has 0 amide bonds. The third-order valence-electron chi connectivity index (χ3n) is 5.37. The molecule has 0 aliphatic carbocycles. The normalized spacial score (nSPS) is 10.7. The first-order valence-corrected chi connectivity index (χ1v) is 10.3. The van der Waals surface area contributed by atoms with E-state index in [2.05, 4.69) is 27.1 Å². The Morgan fingerprint density at radius 3 is 2.50 bits per heavy atom. The SMILES string of the molecule is [C-]#[N+]c1cccc2c3ccc(Oc4[c-]c(-n5cccn5)ccc4)[c-]c3n(-c3ccccn3)c12.[Pt+2]. The number of hydrogen-bond acceptors (Lipinski definition) is 3. The minimum atomic E-state index is 0. The fourth-order valence-corrected chi connectivity index (χ4v) is 3.98. The van der Waals surface area contributed by atoms with Crippen LogP contribution in [0.2, 0.25) is 0 Å². The predicted molar refractivity (Wildman–Crippen MR) is 126 cm³/mol. The molecule has 6 aromatic rings. The second-order valence-electron chi connectivity index (χ2n) is 7.35. The van der Waals surface area contributed by atoms with Crippen molar-refractivity contribution in [3.8, 4) is 23.0 Å². The monoisotopic (exact) mass is 620 g/mol. The average Bonchev–Trinajstić information content (AvgIpc) is 3.51. The first-order valence-electron chi connectivity index (χ1n) is 10.3. The van der Waals surface area contributed by atoms with Crippen molar-refractivity contribution in [2.45, 2.75) is 0 Å². The Hall–Kier alpha value is -4.20. The number of para-hydroxylation sites is 1. The molecular formula is C27H15N5OPt. The molecule has 0 N–H and O–H groups in total. The van der Waals surface area contributed by atoms with Crippen LogP contribution in [0.5, 0.6) is 11.5 Å². The van der Waals surface area contributed by atoms with Gasteiger partial charge in [-0.1, -0.05) is 35.2 Å². The Bertz CT molecular complexity index is 1650. The Kier molecular flexibility index (Phi) is 5.71. The number of aromatic nitrogens is 4. The third kappa shape index (κ3) is 3.67. The summed E-state index contributed by atoms with van der Waals surface area (Å²) >= 11 is 0. The Morgan fingerprint density at radius 1 is 0.824 bits per heavy atom. The van der Waals surface area contributed by atoms with E-state index in [-0.39, 0.29) is 21.1 Å². The van der Waals surface area contributed by atoms with Crippen molar-refractivity contribution < 1.29 is 25.8 Å². The maximum absolute atomic E-state index is 7.67. The predicted octanol–water partition coefficient (Wildman–Crippen LogP) is 6.31. The molecular weight excluding hydrogens is 605 g/mol. The average molecular weight is 621 g/mol. The van der Waals surface area contributed by atoms with Gasteiger partial charge in [0.2, 0.25) is 5.69 Å². The number of ether oxygens (including phenoxy) is 1. The van der Waals surface area contributed by atoms with E-state index >= 15 is 0 Å². The largest absolute Gasteiger partial charge is 2.00 e. The summed E-state index contributed by atoms with van der Waals surface area (Å²) in [6.45, 7) is 7.67. The molecule has 0 bridgehead atoms. The van der Waals surface area contributed by atoms with Gasteiger partial charge in [0.25, 0.3) is 0 Å². The molecule has 0 saturated heterocycles. The number of hydrogen-bond donors (Lipinski definition) is 0. The van der Waals surface area contributed by atoms with Crippen molar-refractivity contribution in [1.29, 1.82) is 0 Å². The van der Waals surface area contributed by atoms with Crippen LogP contribution in [0, 0.1) is 18.7 Å². The fourth-order valence-electron chi connectivity index (χ4n) is 3.98. The van der Waals surface area contributed by atoms with Crippen LogP contribution < -0.4 is 4.74 Å². The van der Waals surface area contributed by atoms with Crippen LogP contribution in [0.15, 0.2) is 91.4 Å². The van der Waals surface area contributed by atoms with Gasteiger partial charge in [-0.05, 0) is 23.9 Å². The molecule has 3 aromatic heterocycles. The van der Waals surface area contributed by atoms with Gasteiger partial charge in [0.15, 0.2) is 0 Å². The Labute approximate surface area is 210 Å². The molecule has 3 aromatic carbocycles. The summed E-state index contributed by atoms with van der Waals surface area (Å²) in [5.41, 5.74) is 2.94. The van der Waals surface area contributed by atoms with Crippen LogP contribution >= 0.6 is 0 Å². The summed E-state index contributed by atoms with van der Waals surface area (Å²) in [6, 6.07) is 29.5. The fraction of sp³-hybridized carbons (Fsp3) is 0. The second kappa shape index (κ2) is 8.97. The minimum Gasteiger partial charge on any atom is -0.509 e. The molecule has 164 valence electrons. The molecule has 6 rings (SSSR count). The van der Waals surface area contributed by atoms with Crippen LogP contribution in [0.1, 0.15) is 0 Å². The molecule has 0 saturated carbocycles. The molecule has 0 aliphatic rings. The van der Waals surface area contributed by atoms with Crippen LogP contribution in [0.25, 0.3) is 38.2 Å². The number of fused-ring (bicyclic) bond motifs is 3. The van der Waals surface area contributed by atoms with Gasteiger partial charge in [0.05, 0.1) is 6.57 Å². The zero-order valence-corrected chi connectivity index (χ0v) is 19.9. The van der Waals surface area contributed by atoms with Crippen molar-refractivity contribution >= 4 is 27.5 Å². The van der Waals surface area contributed by atoms with Gasteiger partial charge < -0.3 is 9.30 Å². The summed E-state index contributed by atoms with van der Waals surface area (Å²) in [7, 11) is 0. The quantitative estimate of drug-likeness (QED) is 0.217. The number of pyridine rings is 1. The molecule has 0 radical (unpaired) electrons. The smallest absolute Gasteiger partial charge is 0.509 e. The van der Waals surface area contributed by atoms with E-state index in [1.54, 1.807) is 17.1 Å².